The molecule has 0 saturated carbocycles. The Hall–Kier alpha value is -3.26. The molecule has 4 aromatic rings. The molecule has 2 N–H and O–H groups in total. The van der Waals surface area contributed by atoms with Crippen molar-refractivity contribution >= 4 is 11.6 Å². The number of rotatable bonds is 3. The van der Waals surface area contributed by atoms with Gasteiger partial charge in [-0.1, -0.05) is 6.07 Å². The van der Waals surface area contributed by atoms with E-state index in [-0.39, 0.29) is 12.2 Å². The van der Waals surface area contributed by atoms with Gasteiger partial charge in [-0.2, -0.15) is 10.1 Å². The van der Waals surface area contributed by atoms with Crippen LogP contribution in [0.5, 0.6) is 0 Å². The normalized spacial score (nSPS) is 17.2. The number of hydrogen-bond acceptors (Lipinski definition) is 6. The number of aromatic nitrogens is 6. The third-order valence-electron chi connectivity index (χ3n) is 5.01. The zero-order chi connectivity index (χ0) is 19.1. The van der Waals surface area contributed by atoms with E-state index in [4.69, 9.17) is 15.5 Å². The van der Waals surface area contributed by atoms with Crippen LogP contribution in [0.3, 0.4) is 0 Å². The van der Waals surface area contributed by atoms with Gasteiger partial charge in [0, 0.05) is 29.6 Å². The van der Waals surface area contributed by atoms with Crippen LogP contribution >= 0.6 is 0 Å². The van der Waals surface area contributed by atoms with Crippen molar-refractivity contribution < 1.29 is 4.74 Å². The number of pyridine rings is 2. The van der Waals surface area contributed by atoms with Crippen molar-refractivity contribution in [1.29, 1.82) is 0 Å². The number of fused-ring (bicyclic) bond motifs is 1. The summed E-state index contributed by atoms with van der Waals surface area (Å²) in [4.78, 5) is 8.95. The molecule has 0 amide bonds. The molecule has 0 aliphatic carbocycles. The summed E-state index contributed by atoms with van der Waals surface area (Å²) in [5.41, 5.74) is 11.2. The largest absolute Gasteiger partial charge is 0.366 e. The van der Waals surface area contributed by atoms with Gasteiger partial charge in [0.1, 0.15) is 0 Å². The van der Waals surface area contributed by atoms with Gasteiger partial charge in [0.15, 0.2) is 11.9 Å². The Kier molecular flexibility index (Phi) is 4.05. The van der Waals surface area contributed by atoms with Crippen LogP contribution in [0, 0.1) is 6.92 Å². The van der Waals surface area contributed by atoms with Crippen molar-refractivity contribution in [2.75, 3.05) is 12.3 Å². The van der Waals surface area contributed by atoms with Gasteiger partial charge in [-0.15, -0.1) is 5.10 Å². The van der Waals surface area contributed by atoms with E-state index in [1.54, 1.807) is 4.52 Å². The Bertz CT molecular complexity index is 1140. The standard InChI is InChI=1S/C20H21N7O/c1-13-5-4-6-16(23-13)19-15(11-22-27(19)18-7-2-3-10-28-18)14-8-9-17-24-20(21)25-26(17)12-14/h4-6,8-9,11-12,18H,2-3,7,10H2,1H3,(H2,21,25). The van der Waals surface area contributed by atoms with E-state index in [0.29, 0.717) is 5.65 Å². The fourth-order valence-corrected chi connectivity index (χ4v) is 3.70. The van der Waals surface area contributed by atoms with Gasteiger partial charge < -0.3 is 10.5 Å². The summed E-state index contributed by atoms with van der Waals surface area (Å²) in [6, 6.07) is 9.93. The molecule has 0 bridgehead atoms. The molecule has 0 aromatic carbocycles. The highest BCUT2D eigenvalue weighted by molar-refractivity contribution is 5.79. The molecule has 1 aliphatic rings. The van der Waals surface area contributed by atoms with Crippen molar-refractivity contribution in [3.05, 3.63) is 48.4 Å². The SMILES string of the molecule is Cc1cccc(-c2c(-c3ccc4nc(N)nn4c3)cnn2C2CCCCO2)n1. The molecule has 142 valence electrons. The average molecular weight is 375 g/mol. The monoisotopic (exact) mass is 375 g/mol. The quantitative estimate of drug-likeness (QED) is 0.590. The van der Waals surface area contributed by atoms with Gasteiger partial charge in [-0.25, -0.2) is 9.20 Å². The van der Waals surface area contributed by atoms with Crippen molar-refractivity contribution in [3.8, 4) is 22.5 Å². The van der Waals surface area contributed by atoms with E-state index in [1.165, 1.54) is 0 Å². The summed E-state index contributed by atoms with van der Waals surface area (Å²) in [6.07, 6.45) is 6.88. The summed E-state index contributed by atoms with van der Waals surface area (Å²) in [5, 5.41) is 8.92. The number of hydrogen-bond donors (Lipinski definition) is 1. The van der Waals surface area contributed by atoms with Crippen LogP contribution in [0.2, 0.25) is 0 Å². The van der Waals surface area contributed by atoms with Gasteiger partial charge in [0.05, 0.1) is 17.6 Å². The predicted molar refractivity (Wildman–Crippen MR) is 105 cm³/mol. The lowest BCUT2D eigenvalue weighted by atomic mass is 10.1. The van der Waals surface area contributed by atoms with Crippen LogP contribution < -0.4 is 5.73 Å². The van der Waals surface area contributed by atoms with Crippen LogP contribution in [-0.4, -0.2) is 36.0 Å². The highest BCUT2D eigenvalue weighted by Crippen LogP contribution is 2.35. The summed E-state index contributed by atoms with van der Waals surface area (Å²) >= 11 is 0. The number of nitrogens with two attached hydrogens (primary N) is 1. The molecular formula is C20H21N7O. The molecule has 4 aromatic heterocycles. The molecule has 8 heteroatoms. The van der Waals surface area contributed by atoms with Crippen molar-refractivity contribution in [2.24, 2.45) is 0 Å². The fraction of sp³-hybridized carbons (Fsp3) is 0.300. The first-order chi connectivity index (χ1) is 13.7. The Balaban J connectivity index is 1.69. The van der Waals surface area contributed by atoms with Crippen molar-refractivity contribution in [2.45, 2.75) is 32.4 Å². The van der Waals surface area contributed by atoms with Crippen molar-refractivity contribution in [1.82, 2.24) is 29.4 Å². The molecule has 5 heterocycles. The lowest BCUT2D eigenvalue weighted by Crippen LogP contribution is -2.20. The van der Waals surface area contributed by atoms with Crippen LogP contribution in [0.4, 0.5) is 5.95 Å². The molecule has 1 aliphatic heterocycles. The first-order valence-electron chi connectivity index (χ1n) is 9.44. The molecular weight excluding hydrogens is 354 g/mol. The minimum absolute atomic E-state index is 0.0782. The first-order valence-corrected chi connectivity index (χ1v) is 9.44. The lowest BCUT2D eigenvalue weighted by Gasteiger charge is -2.24. The molecule has 28 heavy (non-hydrogen) atoms. The van der Waals surface area contributed by atoms with E-state index < -0.39 is 0 Å². The maximum Gasteiger partial charge on any atom is 0.240 e. The van der Waals surface area contributed by atoms with Gasteiger partial charge in [-0.05, 0) is 50.5 Å². The first kappa shape index (κ1) is 16.9. The van der Waals surface area contributed by atoms with Crippen molar-refractivity contribution in [3.63, 3.8) is 0 Å². The number of nitrogen functional groups attached to an aromatic ring is 1. The second-order valence-corrected chi connectivity index (χ2v) is 7.03. The Labute approximate surface area is 162 Å². The Morgan fingerprint density at radius 3 is 2.89 bits per heavy atom. The van der Waals surface area contributed by atoms with Gasteiger partial charge in [0.25, 0.3) is 0 Å². The lowest BCUT2D eigenvalue weighted by molar-refractivity contribution is -0.0383. The molecule has 1 unspecified atom stereocenters. The second kappa shape index (κ2) is 6.72. The fourth-order valence-electron chi connectivity index (χ4n) is 3.70. The zero-order valence-electron chi connectivity index (χ0n) is 15.6. The molecule has 1 saturated heterocycles. The van der Waals surface area contributed by atoms with Crippen LogP contribution in [0.1, 0.15) is 31.2 Å². The summed E-state index contributed by atoms with van der Waals surface area (Å²) in [7, 11) is 0. The Morgan fingerprint density at radius 2 is 2.07 bits per heavy atom. The number of anilines is 1. The maximum absolute atomic E-state index is 6.01. The topological polar surface area (TPSA) is 96.2 Å². The van der Waals surface area contributed by atoms with Crippen LogP contribution in [0.15, 0.2) is 42.7 Å². The summed E-state index contributed by atoms with van der Waals surface area (Å²) in [5.74, 6) is 0.254. The molecule has 1 fully saturated rings. The summed E-state index contributed by atoms with van der Waals surface area (Å²) in [6.45, 7) is 2.75. The van der Waals surface area contributed by atoms with Gasteiger partial charge in [-0.3, -0.25) is 4.98 Å². The van der Waals surface area contributed by atoms with Gasteiger partial charge in [0.2, 0.25) is 5.95 Å². The number of nitrogens with zero attached hydrogens (tertiary/aromatic N) is 6. The smallest absolute Gasteiger partial charge is 0.240 e. The zero-order valence-corrected chi connectivity index (χ0v) is 15.6. The maximum atomic E-state index is 6.01. The van der Waals surface area contributed by atoms with E-state index >= 15 is 0 Å². The third-order valence-corrected chi connectivity index (χ3v) is 5.01. The second-order valence-electron chi connectivity index (χ2n) is 7.03. The minimum atomic E-state index is -0.0782. The number of ether oxygens (including phenoxy) is 1. The van der Waals surface area contributed by atoms with Crippen LogP contribution in [0.25, 0.3) is 28.2 Å². The van der Waals surface area contributed by atoms with Gasteiger partial charge >= 0.3 is 0 Å². The van der Waals surface area contributed by atoms with E-state index in [1.807, 2.05) is 54.3 Å². The average Bonchev–Trinajstić information content (AvgIpc) is 3.30. The molecule has 5 rings (SSSR count). The highest BCUT2D eigenvalue weighted by Gasteiger charge is 2.24. The third kappa shape index (κ3) is 2.91. The Morgan fingerprint density at radius 1 is 1.14 bits per heavy atom. The molecule has 0 radical (unpaired) electrons. The number of aryl methyl sites for hydroxylation is 1. The van der Waals surface area contributed by atoms with E-state index in [9.17, 15) is 0 Å². The van der Waals surface area contributed by atoms with E-state index in [0.717, 1.165) is 54.1 Å². The summed E-state index contributed by atoms with van der Waals surface area (Å²) < 4.78 is 9.66. The van der Waals surface area contributed by atoms with Crippen LogP contribution in [-0.2, 0) is 4.74 Å². The molecule has 8 nitrogen and oxygen atoms in total. The molecule has 1 atom stereocenters. The highest BCUT2D eigenvalue weighted by atomic mass is 16.5. The molecule has 0 spiro atoms. The predicted octanol–water partition coefficient (Wildman–Crippen LogP) is 3.24. The van der Waals surface area contributed by atoms with E-state index in [2.05, 4.69) is 15.2 Å². The minimum Gasteiger partial charge on any atom is -0.366 e.